The summed E-state index contributed by atoms with van der Waals surface area (Å²) in [6, 6.07) is 10.1. The number of carbonyl (C=O) groups is 1. The molecule has 0 spiro atoms. The number of anilines is 2. The second-order valence-corrected chi connectivity index (χ2v) is 9.51. The summed E-state index contributed by atoms with van der Waals surface area (Å²) in [5, 5.41) is 13.7. The van der Waals surface area contributed by atoms with Gasteiger partial charge in [-0.05, 0) is 49.6 Å². The number of non-ortho nitro benzene ring substituents is 1. The summed E-state index contributed by atoms with van der Waals surface area (Å²) in [6.07, 6.45) is 3.18. The average molecular weight is 461 g/mol. The van der Waals surface area contributed by atoms with Crippen molar-refractivity contribution >= 4 is 33.0 Å². The summed E-state index contributed by atoms with van der Waals surface area (Å²) < 4.78 is 27.4. The van der Waals surface area contributed by atoms with E-state index in [-0.39, 0.29) is 16.1 Å². The van der Waals surface area contributed by atoms with Crippen LogP contribution < -0.4 is 10.2 Å². The van der Waals surface area contributed by atoms with E-state index in [0.717, 1.165) is 38.0 Å². The minimum atomic E-state index is -3.70. The minimum absolute atomic E-state index is 0.108. The van der Waals surface area contributed by atoms with E-state index in [1.54, 1.807) is 26.0 Å². The standard InChI is InChI=1S/C22H28N4O5S/c1-3-25(4-2)32(30,31)19-12-13-21(24-14-6-5-7-15-24)20(16-19)23-22(27)17-8-10-18(11-9-17)26(28)29/h8-13,16H,3-7,14-15H2,1-2H3,(H,23,27). The maximum atomic E-state index is 13.0. The van der Waals surface area contributed by atoms with Crippen LogP contribution in [0.25, 0.3) is 0 Å². The van der Waals surface area contributed by atoms with Gasteiger partial charge in [0.2, 0.25) is 10.0 Å². The minimum Gasteiger partial charge on any atom is -0.370 e. The lowest BCUT2D eigenvalue weighted by Crippen LogP contribution is -2.32. The number of rotatable bonds is 8. The number of benzene rings is 2. The zero-order valence-electron chi connectivity index (χ0n) is 18.3. The third-order valence-electron chi connectivity index (χ3n) is 5.60. The summed E-state index contributed by atoms with van der Waals surface area (Å²) in [6.45, 7) is 5.89. The summed E-state index contributed by atoms with van der Waals surface area (Å²) in [5.74, 6) is -0.462. The molecule has 0 unspecified atom stereocenters. The molecule has 1 heterocycles. The van der Waals surface area contributed by atoms with Gasteiger partial charge in [-0.15, -0.1) is 0 Å². The molecule has 1 N–H and O–H groups in total. The molecule has 2 aromatic rings. The van der Waals surface area contributed by atoms with Crippen LogP contribution in [0, 0.1) is 10.1 Å². The number of nitrogens with one attached hydrogen (secondary N) is 1. The first kappa shape index (κ1) is 23.7. The van der Waals surface area contributed by atoms with Crippen LogP contribution in [0.4, 0.5) is 17.1 Å². The Morgan fingerprint density at radius 2 is 1.69 bits per heavy atom. The molecule has 0 bridgehead atoms. The van der Waals surface area contributed by atoms with Gasteiger partial charge in [-0.1, -0.05) is 13.8 Å². The van der Waals surface area contributed by atoms with Crippen LogP contribution in [-0.4, -0.2) is 49.7 Å². The second kappa shape index (κ2) is 10.1. The molecular formula is C22H28N4O5S. The zero-order valence-corrected chi connectivity index (χ0v) is 19.1. The van der Waals surface area contributed by atoms with Crippen LogP contribution in [0.15, 0.2) is 47.4 Å². The van der Waals surface area contributed by atoms with E-state index in [4.69, 9.17) is 0 Å². The van der Waals surface area contributed by atoms with Gasteiger partial charge in [0.05, 0.1) is 21.2 Å². The largest absolute Gasteiger partial charge is 0.370 e. The first-order valence-corrected chi connectivity index (χ1v) is 12.2. The summed E-state index contributed by atoms with van der Waals surface area (Å²) in [7, 11) is -3.70. The molecule has 1 aliphatic heterocycles. The molecule has 1 fully saturated rings. The van der Waals surface area contributed by atoms with Crippen molar-refractivity contribution in [3.63, 3.8) is 0 Å². The van der Waals surface area contributed by atoms with E-state index in [1.807, 2.05) is 0 Å². The molecule has 0 aromatic heterocycles. The van der Waals surface area contributed by atoms with Gasteiger partial charge in [0.15, 0.2) is 0 Å². The molecule has 0 saturated carbocycles. The van der Waals surface area contributed by atoms with Gasteiger partial charge in [0, 0.05) is 43.9 Å². The number of hydrogen-bond acceptors (Lipinski definition) is 6. The fourth-order valence-electron chi connectivity index (χ4n) is 3.83. The van der Waals surface area contributed by atoms with Crippen molar-refractivity contribution in [2.45, 2.75) is 38.0 Å². The number of nitro benzene ring substituents is 1. The molecule has 172 valence electrons. The number of amides is 1. The Balaban J connectivity index is 1.98. The number of piperidine rings is 1. The molecule has 1 saturated heterocycles. The van der Waals surface area contributed by atoms with Crippen molar-refractivity contribution in [3.8, 4) is 0 Å². The first-order valence-electron chi connectivity index (χ1n) is 10.7. The van der Waals surface area contributed by atoms with Gasteiger partial charge in [-0.3, -0.25) is 14.9 Å². The van der Waals surface area contributed by atoms with Crippen LogP contribution in [-0.2, 0) is 10.0 Å². The summed E-state index contributed by atoms with van der Waals surface area (Å²) in [4.78, 5) is 25.5. The fraction of sp³-hybridized carbons (Fsp3) is 0.409. The molecule has 2 aromatic carbocycles. The van der Waals surface area contributed by atoms with Gasteiger partial charge in [-0.25, -0.2) is 8.42 Å². The number of carbonyl (C=O) groups excluding carboxylic acids is 1. The van der Waals surface area contributed by atoms with Crippen molar-refractivity contribution in [2.24, 2.45) is 0 Å². The third kappa shape index (κ3) is 5.08. The highest BCUT2D eigenvalue weighted by Crippen LogP contribution is 2.32. The fourth-order valence-corrected chi connectivity index (χ4v) is 5.31. The molecule has 3 rings (SSSR count). The quantitative estimate of drug-likeness (QED) is 0.473. The van der Waals surface area contributed by atoms with E-state index in [9.17, 15) is 23.3 Å². The SMILES string of the molecule is CCN(CC)S(=O)(=O)c1ccc(N2CCCCC2)c(NC(=O)c2ccc([N+](=O)[O-])cc2)c1. The maximum absolute atomic E-state index is 13.0. The van der Waals surface area contributed by atoms with Gasteiger partial charge in [-0.2, -0.15) is 4.31 Å². The molecule has 0 aliphatic carbocycles. The van der Waals surface area contributed by atoms with Crippen LogP contribution in [0.1, 0.15) is 43.5 Å². The van der Waals surface area contributed by atoms with Crippen molar-refractivity contribution in [2.75, 3.05) is 36.4 Å². The Hall–Kier alpha value is -2.98. The van der Waals surface area contributed by atoms with Crippen molar-refractivity contribution < 1.29 is 18.1 Å². The lowest BCUT2D eigenvalue weighted by atomic mass is 10.1. The van der Waals surface area contributed by atoms with Gasteiger partial charge in [0.1, 0.15) is 0 Å². The first-order chi connectivity index (χ1) is 15.3. The molecule has 32 heavy (non-hydrogen) atoms. The van der Waals surface area contributed by atoms with Crippen molar-refractivity contribution in [3.05, 3.63) is 58.1 Å². The van der Waals surface area contributed by atoms with E-state index >= 15 is 0 Å². The van der Waals surface area contributed by atoms with Crippen LogP contribution in [0.3, 0.4) is 0 Å². The monoisotopic (exact) mass is 460 g/mol. The van der Waals surface area contributed by atoms with Crippen molar-refractivity contribution in [1.29, 1.82) is 0 Å². The third-order valence-corrected chi connectivity index (χ3v) is 7.64. The summed E-state index contributed by atoms with van der Waals surface area (Å²) in [5.41, 5.74) is 1.31. The smallest absolute Gasteiger partial charge is 0.269 e. The Kier molecular flexibility index (Phi) is 7.47. The number of sulfonamides is 1. The van der Waals surface area contributed by atoms with Gasteiger partial charge in [0.25, 0.3) is 11.6 Å². The molecule has 1 amide bonds. The van der Waals surface area contributed by atoms with E-state index in [2.05, 4.69) is 10.2 Å². The van der Waals surface area contributed by atoms with Crippen LogP contribution in [0.2, 0.25) is 0 Å². The highest BCUT2D eigenvalue weighted by molar-refractivity contribution is 7.89. The predicted molar refractivity (Wildman–Crippen MR) is 124 cm³/mol. The topological polar surface area (TPSA) is 113 Å². The van der Waals surface area contributed by atoms with Crippen LogP contribution in [0.5, 0.6) is 0 Å². The molecule has 1 aliphatic rings. The predicted octanol–water partition coefficient (Wildman–Crippen LogP) is 3.87. The van der Waals surface area contributed by atoms with E-state index < -0.39 is 20.9 Å². The molecular weight excluding hydrogens is 432 g/mol. The molecule has 0 radical (unpaired) electrons. The second-order valence-electron chi connectivity index (χ2n) is 7.57. The van der Waals surface area contributed by atoms with Crippen LogP contribution >= 0.6 is 0 Å². The normalized spacial score (nSPS) is 14.4. The Labute approximate surface area is 188 Å². The lowest BCUT2D eigenvalue weighted by molar-refractivity contribution is -0.384. The number of hydrogen-bond donors (Lipinski definition) is 1. The summed E-state index contributed by atoms with van der Waals surface area (Å²) >= 11 is 0. The molecule has 0 atom stereocenters. The molecule has 10 heteroatoms. The van der Waals surface area contributed by atoms with Gasteiger partial charge < -0.3 is 10.2 Å². The molecule has 9 nitrogen and oxygen atoms in total. The van der Waals surface area contributed by atoms with Crippen molar-refractivity contribution in [1.82, 2.24) is 4.31 Å². The van der Waals surface area contributed by atoms with Gasteiger partial charge >= 0.3 is 0 Å². The lowest BCUT2D eigenvalue weighted by Gasteiger charge is -2.31. The zero-order chi connectivity index (χ0) is 23.3. The Bertz CT molecular complexity index is 1080. The maximum Gasteiger partial charge on any atom is 0.269 e. The van der Waals surface area contributed by atoms with E-state index in [0.29, 0.717) is 18.8 Å². The average Bonchev–Trinajstić information content (AvgIpc) is 2.80. The highest BCUT2D eigenvalue weighted by atomic mass is 32.2. The van der Waals surface area contributed by atoms with E-state index in [1.165, 1.54) is 34.6 Å². The Morgan fingerprint density at radius 1 is 1.06 bits per heavy atom. The number of nitro groups is 1. The highest BCUT2D eigenvalue weighted by Gasteiger charge is 2.25. The Morgan fingerprint density at radius 3 is 2.25 bits per heavy atom. The number of nitrogens with zero attached hydrogens (tertiary/aromatic N) is 3.